The van der Waals surface area contributed by atoms with E-state index in [1.54, 1.807) is 31.2 Å². The van der Waals surface area contributed by atoms with Crippen LogP contribution in [0, 0.1) is 0 Å². The minimum Gasteiger partial charge on any atom is -0.481 e. The van der Waals surface area contributed by atoms with Crippen LogP contribution in [0.4, 0.5) is 11.5 Å². The second kappa shape index (κ2) is 10.8. The van der Waals surface area contributed by atoms with Gasteiger partial charge in [-0.25, -0.2) is 4.79 Å². The number of unbranched alkanes of at least 4 members (excludes halogenated alkanes) is 1. The predicted octanol–water partition coefficient (Wildman–Crippen LogP) is 2.02. The lowest BCUT2D eigenvalue weighted by molar-refractivity contribution is -0.124. The molecule has 0 radical (unpaired) electrons. The maximum absolute atomic E-state index is 13.2. The van der Waals surface area contributed by atoms with Gasteiger partial charge in [0.25, 0.3) is 11.5 Å². The molecule has 3 N–H and O–H groups in total. The Hall–Kier alpha value is -2.78. The smallest absolute Gasteiger partial charge is 0.330 e. The molecule has 2 rings (SSSR count). The van der Waals surface area contributed by atoms with Gasteiger partial charge in [-0.15, -0.1) is 0 Å². The fraction of sp³-hybridized carbons (Fsp3) is 0.450. The van der Waals surface area contributed by atoms with Gasteiger partial charge >= 0.3 is 5.69 Å². The number of halogens is 1. The maximum Gasteiger partial charge on any atom is 0.330 e. The number of aromatic amines is 1. The van der Waals surface area contributed by atoms with E-state index in [2.05, 4.69) is 4.98 Å². The quantitative estimate of drug-likeness (QED) is 0.585. The number of nitrogens with zero attached hydrogens (tertiary/aromatic N) is 2. The van der Waals surface area contributed by atoms with Crippen LogP contribution >= 0.6 is 11.6 Å². The molecule has 0 bridgehead atoms. The van der Waals surface area contributed by atoms with Crippen LogP contribution in [0.3, 0.4) is 0 Å². The largest absolute Gasteiger partial charge is 0.481 e. The Morgan fingerprint density at radius 1 is 1.30 bits per heavy atom. The summed E-state index contributed by atoms with van der Waals surface area (Å²) in [4.78, 5) is 41.4. The fourth-order valence-corrected chi connectivity index (χ4v) is 3.00. The maximum atomic E-state index is 13.2. The first-order valence-electron chi connectivity index (χ1n) is 9.65. The highest BCUT2D eigenvalue weighted by molar-refractivity contribution is 6.30. The number of hydrogen-bond acceptors (Lipinski definition) is 6. The molecule has 0 aliphatic rings. The Balaban J connectivity index is 2.41. The first kappa shape index (κ1) is 23.5. The highest BCUT2D eigenvalue weighted by Gasteiger charge is 2.28. The van der Waals surface area contributed by atoms with Gasteiger partial charge < -0.3 is 15.2 Å². The summed E-state index contributed by atoms with van der Waals surface area (Å²) in [5.74, 6) is -0.123. The average Bonchev–Trinajstić information content (AvgIpc) is 2.71. The number of anilines is 2. The van der Waals surface area contributed by atoms with Crippen molar-refractivity contribution < 1.29 is 14.3 Å². The van der Waals surface area contributed by atoms with Crippen molar-refractivity contribution in [3.05, 3.63) is 50.1 Å². The zero-order valence-electron chi connectivity index (χ0n) is 17.3. The van der Waals surface area contributed by atoms with E-state index in [1.807, 2.05) is 6.92 Å². The molecule has 1 aromatic heterocycles. The van der Waals surface area contributed by atoms with Gasteiger partial charge in [-0.1, -0.05) is 24.9 Å². The number of aromatic nitrogens is 2. The number of rotatable bonds is 10. The topological polar surface area (TPSA) is 120 Å². The molecule has 30 heavy (non-hydrogen) atoms. The molecule has 1 atom stereocenters. The van der Waals surface area contributed by atoms with Crippen molar-refractivity contribution in [3.63, 3.8) is 0 Å². The lowest BCUT2D eigenvalue weighted by Crippen LogP contribution is -2.47. The van der Waals surface area contributed by atoms with Gasteiger partial charge in [0.1, 0.15) is 11.6 Å². The number of carbonyl (C=O) groups is 1. The molecule has 0 saturated carbocycles. The summed E-state index contributed by atoms with van der Waals surface area (Å²) in [6, 6.07) is 6.56. The first-order valence-corrected chi connectivity index (χ1v) is 10.0. The van der Waals surface area contributed by atoms with Gasteiger partial charge in [-0.2, -0.15) is 0 Å². The minimum absolute atomic E-state index is 0.0584. The molecule has 0 spiro atoms. The monoisotopic (exact) mass is 438 g/mol. The van der Waals surface area contributed by atoms with Crippen molar-refractivity contribution in [2.24, 2.45) is 0 Å². The zero-order valence-corrected chi connectivity index (χ0v) is 18.1. The van der Waals surface area contributed by atoms with Crippen LogP contribution in [0.5, 0.6) is 5.75 Å². The van der Waals surface area contributed by atoms with Crippen molar-refractivity contribution in [2.45, 2.75) is 39.3 Å². The Morgan fingerprint density at radius 2 is 1.97 bits per heavy atom. The molecule has 0 saturated heterocycles. The average molecular weight is 439 g/mol. The lowest BCUT2D eigenvalue weighted by Gasteiger charge is -2.27. The molecule has 1 amide bonds. The number of amides is 1. The Morgan fingerprint density at radius 3 is 2.57 bits per heavy atom. The first-order chi connectivity index (χ1) is 14.3. The summed E-state index contributed by atoms with van der Waals surface area (Å²) < 4.78 is 12.0. The minimum atomic E-state index is -0.933. The van der Waals surface area contributed by atoms with E-state index >= 15 is 0 Å². The number of nitrogens with one attached hydrogen (secondary N) is 1. The lowest BCUT2D eigenvalue weighted by atomic mass is 10.2. The number of carbonyl (C=O) groups excluding carboxylic acids is 1. The van der Waals surface area contributed by atoms with Crippen LogP contribution in [-0.2, 0) is 16.1 Å². The van der Waals surface area contributed by atoms with Crippen molar-refractivity contribution in [1.29, 1.82) is 0 Å². The standard InChI is InChI=1S/C20H27ClN4O5/c1-4-5-10-25-17(22)16(18(26)23-20(25)28)24(11-12-29-3)19(27)13(2)30-15-8-6-14(21)7-9-15/h6-9,13H,4-5,10-12,22H2,1-3H3,(H,23,26,28)/t13-/m0/s1. The summed E-state index contributed by atoms with van der Waals surface area (Å²) in [5.41, 5.74) is 4.71. The third-order valence-electron chi connectivity index (χ3n) is 4.48. The Labute approximate surface area is 179 Å². The van der Waals surface area contributed by atoms with Crippen LogP contribution in [0.1, 0.15) is 26.7 Å². The van der Waals surface area contributed by atoms with Crippen LogP contribution in [0.25, 0.3) is 0 Å². The van der Waals surface area contributed by atoms with Crippen LogP contribution < -0.4 is 26.6 Å². The van der Waals surface area contributed by atoms with Gasteiger partial charge in [0.2, 0.25) is 0 Å². The zero-order chi connectivity index (χ0) is 22.3. The number of benzene rings is 1. The van der Waals surface area contributed by atoms with E-state index < -0.39 is 23.3 Å². The van der Waals surface area contributed by atoms with Gasteiger partial charge in [0, 0.05) is 25.2 Å². The molecule has 9 nitrogen and oxygen atoms in total. The summed E-state index contributed by atoms with van der Waals surface area (Å²) in [6.07, 6.45) is 0.592. The van der Waals surface area contributed by atoms with E-state index in [1.165, 1.54) is 16.6 Å². The molecular formula is C20H27ClN4O5. The van der Waals surface area contributed by atoms with E-state index in [9.17, 15) is 14.4 Å². The molecule has 2 aromatic rings. The van der Waals surface area contributed by atoms with E-state index in [4.69, 9.17) is 26.8 Å². The molecule has 0 aliphatic heterocycles. The summed E-state index contributed by atoms with van der Waals surface area (Å²) in [5, 5.41) is 0.539. The van der Waals surface area contributed by atoms with Crippen LogP contribution in [-0.4, -0.2) is 41.8 Å². The second-order valence-corrected chi connectivity index (χ2v) is 7.13. The second-order valence-electron chi connectivity index (χ2n) is 6.69. The number of ether oxygens (including phenoxy) is 2. The van der Waals surface area contributed by atoms with Crippen molar-refractivity contribution >= 4 is 29.0 Å². The Kier molecular flexibility index (Phi) is 8.49. The van der Waals surface area contributed by atoms with Gasteiger partial charge in [-0.3, -0.25) is 24.0 Å². The number of nitrogen functional groups attached to an aromatic ring is 1. The van der Waals surface area contributed by atoms with E-state index in [-0.39, 0.29) is 24.7 Å². The highest BCUT2D eigenvalue weighted by atomic mass is 35.5. The SMILES string of the molecule is CCCCn1c(N)c(N(CCOC)C(=O)[C@H](C)Oc2ccc(Cl)cc2)c(=O)[nH]c1=O. The van der Waals surface area contributed by atoms with Gasteiger partial charge in [0.05, 0.1) is 6.61 Å². The molecular weight excluding hydrogens is 412 g/mol. The van der Waals surface area contributed by atoms with Crippen LogP contribution in [0.15, 0.2) is 33.9 Å². The highest BCUT2D eigenvalue weighted by Crippen LogP contribution is 2.21. The van der Waals surface area contributed by atoms with E-state index in [0.29, 0.717) is 23.7 Å². The molecule has 10 heteroatoms. The molecule has 0 unspecified atom stereocenters. The number of H-pyrrole nitrogens is 1. The summed E-state index contributed by atoms with van der Waals surface area (Å²) >= 11 is 5.87. The van der Waals surface area contributed by atoms with Crippen molar-refractivity contribution in [2.75, 3.05) is 30.9 Å². The summed E-state index contributed by atoms with van der Waals surface area (Å²) in [7, 11) is 1.48. The summed E-state index contributed by atoms with van der Waals surface area (Å²) in [6.45, 7) is 4.08. The van der Waals surface area contributed by atoms with Gasteiger partial charge in [0.15, 0.2) is 11.8 Å². The Bertz CT molecular complexity index is 971. The number of nitrogens with two attached hydrogens (primary N) is 1. The van der Waals surface area contributed by atoms with E-state index in [0.717, 1.165) is 6.42 Å². The third-order valence-corrected chi connectivity index (χ3v) is 4.73. The number of hydrogen-bond donors (Lipinski definition) is 2. The molecule has 1 heterocycles. The third kappa shape index (κ3) is 5.64. The van der Waals surface area contributed by atoms with Crippen molar-refractivity contribution in [1.82, 2.24) is 9.55 Å². The predicted molar refractivity (Wildman–Crippen MR) is 116 cm³/mol. The van der Waals surface area contributed by atoms with Crippen molar-refractivity contribution in [3.8, 4) is 5.75 Å². The number of methoxy groups -OCH3 is 1. The van der Waals surface area contributed by atoms with Gasteiger partial charge in [-0.05, 0) is 37.6 Å². The fourth-order valence-electron chi connectivity index (χ4n) is 2.88. The molecule has 1 aromatic carbocycles. The van der Waals surface area contributed by atoms with Crippen LogP contribution in [0.2, 0.25) is 5.02 Å². The normalized spacial score (nSPS) is 11.9. The molecule has 0 aliphatic carbocycles. The molecule has 0 fully saturated rings. The molecule has 164 valence electrons.